The number of piperidine rings is 1. The van der Waals surface area contributed by atoms with E-state index in [0.29, 0.717) is 25.7 Å². The van der Waals surface area contributed by atoms with Crippen LogP contribution < -0.4 is 0 Å². The Hall–Kier alpha value is -1.21. The van der Waals surface area contributed by atoms with Crippen molar-refractivity contribution in [1.82, 2.24) is 15.1 Å². The quantitative estimate of drug-likeness (QED) is 0.816. The number of thiophene rings is 1. The minimum Gasteiger partial charge on any atom is -0.389 e. The molecule has 23 heavy (non-hydrogen) atoms. The lowest BCUT2D eigenvalue weighted by molar-refractivity contribution is 0.00634. The number of aliphatic hydroxyl groups is 1. The summed E-state index contributed by atoms with van der Waals surface area (Å²) in [4.78, 5) is 3.53. The second kappa shape index (κ2) is 8.06. The number of likely N-dealkylation sites (tertiary alicyclic amines) is 1. The number of aromatic nitrogens is 2. The fourth-order valence-electron chi connectivity index (χ4n) is 3.15. The van der Waals surface area contributed by atoms with Gasteiger partial charge < -0.3 is 14.7 Å². The monoisotopic (exact) mass is 335 g/mol. The van der Waals surface area contributed by atoms with Gasteiger partial charge in [-0.15, -0.1) is 11.3 Å². The summed E-state index contributed by atoms with van der Waals surface area (Å²) in [6, 6.07) is 6.21. The van der Waals surface area contributed by atoms with Crippen molar-refractivity contribution in [1.29, 1.82) is 0 Å². The second-order valence-corrected chi connectivity index (χ2v) is 7.36. The molecular formula is C17H25N3O2S. The number of aryl methyl sites for hydroxylation is 1. The zero-order chi connectivity index (χ0) is 16.1. The molecule has 2 atom stereocenters. The number of nitrogens with zero attached hydrogens (tertiary/aromatic N) is 2. The maximum atomic E-state index is 10.2. The highest BCUT2D eigenvalue weighted by Crippen LogP contribution is 2.25. The smallest absolute Gasteiger partial charge is 0.0900 e. The van der Waals surface area contributed by atoms with Gasteiger partial charge in [0, 0.05) is 29.6 Å². The summed E-state index contributed by atoms with van der Waals surface area (Å²) in [6.45, 7) is 5.69. The molecule has 0 saturated carbocycles. The first-order valence-corrected chi connectivity index (χ1v) is 9.11. The molecule has 0 radical (unpaired) electrons. The molecule has 0 spiro atoms. The summed E-state index contributed by atoms with van der Waals surface area (Å²) in [5.74, 6) is 0.466. The van der Waals surface area contributed by atoms with Crippen LogP contribution in [0.5, 0.6) is 0 Å². The van der Waals surface area contributed by atoms with E-state index in [1.807, 2.05) is 18.4 Å². The van der Waals surface area contributed by atoms with Crippen LogP contribution in [0.25, 0.3) is 0 Å². The number of H-pyrrole nitrogens is 1. The summed E-state index contributed by atoms with van der Waals surface area (Å²) < 4.78 is 5.61. The summed E-state index contributed by atoms with van der Waals surface area (Å²) in [5, 5.41) is 19.7. The molecule has 0 amide bonds. The first-order valence-electron chi connectivity index (χ1n) is 8.23. The average molecular weight is 335 g/mol. The summed E-state index contributed by atoms with van der Waals surface area (Å²) in [7, 11) is 0. The lowest BCUT2D eigenvalue weighted by atomic mass is 9.94. The molecule has 2 unspecified atom stereocenters. The third-order valence-electron chi connectivity index (χ3n) is 4.25. The van der Waals surface area contributed by atoms with Gasteiger partial charge in [-0.2, -0.15) is 5.10 Å². The Labute approximate surface area is 141 Å². The van der Waals surface area contributed by atoms with E-state index in [4.69, 9.17) is 4.74 Å². The van der Waals surface area contributed by atoms with Gasteiger partial charge in [-0.1, -0.05) is 6.07 Å². The average Bonchev–Trinajstić information content (AvgIpc) is 3.19. The molecular weight excluding hydrogens is 310 g/mol. The van der Waals surface area contributed by atoms with Gasteiger partial charge in [0.15, 0.2) is 0 Å². The number of ether oxygens (including phenoxy) is 1. The zero-order valence-electron chi connectivity index (χ0n) is 13.6. The molecule has 3 heterocycles. The van der Waals surface area contributed by atoms with E-state index in [9.17, 15) is 5.11 Å². The summed E-state index contributed by atoms with van der Waals surface area (Å²) in [6.07, 6.45) is 1.89. The summed E-state index contributed by atoms with van der Waals surface area (Å²) >= 11 is 1.68. The van der Waals surface area contributed by atoms with Crippen molar-refractivity contribution in [2.24, 2.45) is 0 Å². The Morgan fingerprint density at radius 2 is 2.48 bits per heavy atom. The van der Waals surface area contributed by atoms with Crippen LogP contribution in [0.3, 0.4) is 0 Å². The zero-order valence-corrected chi connectivity index (χ0v) is 14.4. The Morgan fingerprint density at radius 1 is 1.57 bits per heavy atom. The number of nitrogens with one attached hydrogen (secondary N) is 1. The molecule has 1 fully saturated rings. The molecule has 5 nitrogen and oxygen atoms in total. The second-order valence-electron chi connectivity index (χ2n) is 6.32. The molecule has 0 aromatic carbocycles. The Balaban J connectivity index is 1.41. The van der Waals surface area contributed by atoms with Crippen LogP contribution >= 0.6 is 11.3 Å². The van der Waals surface area contributed by atoms with Crippen molar-refractivity contribution >= 4 is 11.3 Å². The number of hydrogen-bond acceptors (Lipinski definition) is 5. The molecule has 2 N–H and O–H groups in total. The SMILES string of the molecule is Cc1cc(C2CCCN(CC(O)COCc3cccs3)C2)n[nH]1. The molecule has 2 aromatic heterocycles. The van der Waals surface area contributed by atoms with Gasteiger partial charge in [0.1, 0.15) is 0 Å². The fourth-order valence-corrected chi connectivity index (χ4v) is 3.79. The van der Waals surface area contributed by atoms with Crippen LogP contribution in [0.4, 0.5) is 0 Å². The normalized spacial score (nSPS) is 20.7. The van der Waals surface area contributed by atoms with Gasteiger partial charge in [0.2, 0.25) is 0 Å². The van der Waals surface area contributed by atoms with Crippen molar-refractivity contribution < 1.29 is 9.84 Å². The van der Waals surface area contributed by atoms with E-state index in [-0.39, 0.29) is 0 Å². The lowest BCUT2D eigenvalue weighted by Crippen LogP contribution is -2.40. The van der Waals surface area contributed by atoms with Crippen molar-refractivity contribution in [3.63, 3.8) is 0 Å². The maximum absolute atomic E-state index is 10.2. The largest absolute Gasteiger partial charge is 0.389 e. The van der Waals surface area contributed by atoms with Crippen molar-refractivity contribution in [3.8, 4) is 0 Å². The highest BCUT2D eigenvalue weighted by molar-refractivity contribution is 7.09. The van der Waals surface area contributed by atoms with Gasteiger partial charge >= 0.3 is 0 Å². The predicted molar refractivity (Wildman–Crippen MR) is 91.7 cm³/mol. The van der Waals surface area contributed by atoms with Gasteiger partial charge in [0.25, 0.3) is 0 Å². The van der Waals surface area contributed by atoms with Gasteiger partial charge in [0.05, 0.1) is 25.0 Å². The Kier molecular flexibility index (Phi) is 5.83. The predicted octanol–water partition coefficient (Wildman–Crippen LogP) is 2.54. The topological polar surface area (TPSA) is 61.4 Å². The minimum absolute atomic E-state index is 0.389. The Bertz CT molecular complexity index is 584. The minimum atomic E-state index is -0.436. The van der Waals surface area contributed by atoms with E-state index >= 15 is 0 Å². The third-order valence-corrected chi connectivity index (χ3v) is 5.10. The van der Waals surface area contributed by atoms with Crippen LogP contribution in [0.15, 0.2) is 23.6 Å². The number of β-amino-alcohol motifs (C(OH)–C–C–N with tert-alkyl or cyclic N) is 1. The number of aromatic amines is 1. The van der Waals surface area contributed by atoms with Crippen LogP contribution in [0.2, 0.25) is 0 Å². The first-order chi connectivity index (χ1) is 11.2. The first kappa shape index (κ1) is 16.6. The van der Waals surface area contributed by atoms with Crippen LogP contribution in [0, 0.1) is 6.92 Å². The van der Waals surface area contributed by atoms with Gasteiger partial charge in [-0.3, -0.25) is 5.10 Å². The summed E-state index contributed by atoms with van der Waals surface area (Å²) in [5.41, 5.74) is 2.26. The molecule has 6 heteroatoms. The van der Waals surface area contributed by atoms with E-state index in [1.54, 1.807) is 11.3 Å². The molecule has 0 bridgehead atoms. The molecule has 1 aliphatic rings. The van der Waals surface area contributed by atoms with Crippen molar-refractivity contribution in [2.45, 2.75) is 38.4 Å². The molecule has 2 aromatic rings. The highest BCUT2D eigenvalue weighted by atomic mass is 32.1. The highest BCUT2D eigenvalue weighted by Gasteiger charge is 2.24. The molecule has 1 saturated heterocycles. The third kappa shape index (κ3) is 4.88. The fraction of sp³-hybridized carbons (Fsp3) is 0.588. The number of aliphatic hydroxyl groups excluding tert-OH is 1. The van der Waals surface area contributed by atoms with E-state index in [1.165, 1.54) is 11.3 Å². The van der Waals surface area contributed by atoms with Crippen LogP contribution in [-0.2, 0) is 11.3 Å². The van der Waals surface area contributed by atoms with Crippen molar-refractivity contribution in [2.75, 3.05) is 26.2 Å². The Morgan fingerprint density at radius 3 is 3.22 bits per heavy atom. The molecule has 1 aliphatic heterocycles. The van der Waals surface area contributed by atoms with Gasteiger partial charge in [-0.05, 0) is 43.8 Å². The number of hydrogen-bond donors (Lipinski definition) is 2. The molecule has 126 valence electrons. The van der Waals surface area contributed by atoms with E-state index < -0.39 is 6.10 Å². The molecule has 0 aliphatic carbocycles. The van der Waals surface area contributed by atoms with Crippen LogP contribution in [-0.4, -0.2) is 52.5 Å². The van der Waals surface area contributed by atoms with E-state index in [2.05, 4.69) is 27.2 Å². The van der Waals surface area contributed by atoms with Gasteiger partial charge in [-0.25, -0.2) is 0 Å². The van der Waals surface area contributed by atoms with Crippen molar-refractivity contribution in [3.05, 3.63) is 39.8 Å². The maximum Gasteiger partial charge on any atom is 0.0900 e. The molecule has 3 rings (SSSR count). The van der Waals surface area contributed by atoms with E-state index in [0.717, 1.165) is 30.9 Å². The standard InChI is InChI=1S/C17H25N3O2S/c1-13-8-17(19-18-13)14-4-2-6-20(9-14)10-15(21)11-22-12-16-5-3-7-23-16/h3,5,7-8,14-15,21H,2,4,6,9-12H2,1H3,(H,18,19). The number of rotatable bonds is 7. The van der Waals surface area contributed by atoms with Crippen LogP contribution in [0.1, 0.15) is 35.0 Å². The lowest BCUT2D eigenvalue weighted by Gasteiger charge is -2.33.